The molecule has 0 spiro atoms. The van der Waals surface area contributed by atoms with Gasteiger partial charge in [0.2, 0.25) is 11.7 Å². The molecule has 184 valence electrons. The highest BCUT2D eigenvalue weighted by molar-refractivity contribution is 7.13. The van der Waals surface area contributed by atoms with E-state index in [1.165, 1.54) is 40.1 Å². The van der Waals surface area contributed by atoms with Gasteiger partial charge in [-0.2, -0.15) is 0 Å². The number of benzene rings is 1. The Morgan fingerprint density at radius 2 is 2.09 bits per heavy atom. The molecule has 4 rings (SSSR count). The van der Waals surface area contributed by atoms with Gasteiger partial charge in [-0.1, -0.05) is 12.1 Å². The number of aromatic nitrogens is 3. The second-order valence-electron chi connectivity index (χ2n) is 8.22. The minimum Gasteiger partial charge on any atom is -0.466 e. The molecule has 1 fully saturated rings. The van der Waals surface area contributed by atoms with Gasteiger partial charge in [-0.25, -0.2) is 14.1 Å². The molecule has 11 heteroatoms. The number of ether oxygens (including phenoxy) is 1. The minimum atomic E-state index is -0.537. The Balaban J connectivity index is 1.50. The third kappa shape index (κ3) is 5.56. The van der Waals surface area contributed by atoms with E-state index < -0.39 is 11.7 Å². The van der Waals surface area contributed by atoms with Crippen molar-refractivity contribution < 1.29 is 23.5 Å². The second-order valence-corrected chi connectivity index (χ2v) is 9.17. The van der Waals surface area contributed by atoms with Crippen LogP contribution in [0.3, 0.4) is 0 Å². The predicted molar refractivity (Wildman–Crippen MR) is 128 cm³/mol. The van der Waals surface area contributed by atoms with Crippen molar-refractivity contribution in [3.8, 4) is 16.4 Å². The lowest BCUT2D eigenvalue weighted by Crippen LogP contribution is -2.47. The highest BCUT2D eigenvalue weighted by Gasteiger charge is 2.31. The number of nitrogens with zero attached hydrogens (tertiary/aromatic N) is 5. The molecule has 0 saturated carbocycles. The minimum absolute atomic E-state index is 0.101. The van der Waals surface area contributed by atoms with E-state index in [2.05, 4.69) is 10.1 Å². The highest BCUT2D eigenvalue weighted by atomic mass is 32.1. The van der Waals surface area contributed by atoms with Crippen molar-refractivity contribution >= 4 is 29.1 Å². The molecular weight excluding hydrogens is 473 g/mol. The number of piperidine rings is 1. The van der Waals surface area contributed by atoms with Crippen LogP contribution in [0.1, 0.15) is 30.4 Å². The van der Waals surface area contributed by atoms with Gasteiger partial charge in [-0.15, -0.1) is 16.4 Å². The summed E-state index contributed by atoms with van der Waals surface area (Å²) >= 11 is 1.42. The fourth-order valence-electron chi connectivity index (χ4n) is 3.96. The van der Waals surface area contributed by atoms with Crippen LogP contribution >= 0.6 is 11.3 Å². The summed E-state index contributed by atoms with van der Waals surface area (Å²) in [6, 6.07) is 9.54. The molecule has 35 heavy (non-hydrogen) atoms. The van der Waals surface area contributed by atoms with E-state index in [9.17, 15) is 18.8 Å². The zero-order chi connectivity index (χ0) is 24.9. The van der Waals surface area contributed by atoms with Crippen molar-refractivity contribution in [1.29, 1.82) is 0 Å². The molecule has 1 saturated heterocycles. The van der Waals surface area contributed by atoms with Gasteiger partial charge >= 0.3 is 5.97 Å². The monoisotopic (exact) mass is 499 g/mol. The molecule has 0 N–H and O–H groups in total. The third-order valence-corrected chi connectivity index (χ3v) is 6.57. The third-order valence-electron chi connectivity index (χ3n) is 5.71. The van der Waals surface area contributed by atoms with Crippen molar-refractivity contribution in [2.45, 2.75) is 19.8 Å². The van der Waals surface area contributed by atoms with Gasteiger partial charge in [0.1, 0.15) is 5.82 Å². The SMILES string of the molecule is CCOC(=O)C1CCCN(C(=O)CN(C)C(=O)c2nc(-c3cccs3)n(-c3cccc(F)c3)n2)C1. The van der Waals surface area contributed by atoms with E-state index in [-0.39, 0.29) is 36.7 Å². The summed E-state index contributed by atoms with van der Waals surface area (Å²) in [7, 11) is 1.50. The van der Waals surface area contributed by atoms with Gasteiger partial charge in [0.15, 0.2) is 5.82 Å². The first-order chi connectivity index (χ1) is 16.9. The number of carbonyl (C=O) groups is 3. The van der Waals surface area contributed by atoms with Gasteiger partial charge in [0.05, 0.1) is 29.6 Å². The van der Waals surface area contributed by atoms with E-state index in [0.717, 1.165) is 4.88 Å². The standard InChI is InChI=1S/C24H26FN5O4S/c1-3-34-24(33)16-7-5-11-29(14-16)20(31)15-28(2)23(32)21-26-22(19-10-6-12-35-19)30(27-21)18-9-4-8-17(25)13-18/h4,6,8-10,12-13,16H,3,5,7,11,14-15H2,1-2H3. The Morgan fingerprint density at radius 3 is 2.80 bits per heavy atom. The van der Waals surface area contributed by atoms with Crippen LogP contribution in [0.25, 0.3) is 16.4 Å². The number of halogens is 1. The van der Waals surface area contributed by atoms with Crippen molar-refractivity contribution in [3.05, 3.63) is 53.4 Å². The first-order valence-electron chi connectivity index (χ1n) is 11.3. The second kappa shape index (κ2) is 10.8. The number of carbonyl (C=O) groups excluding carboxylic acids is 3. The van der Waals surface area contributed by atoms with E-state index in [1.807, 2.05) is 17.5 Å². The molecule has 0 bridgehead atoms. The van der Waals surface area contributed by atoms with Crippen molar-refractivity contribution in [1.82, 2.24) is 24.6 Å². The quantitative estimate of drug-likeness (QED) is 0.464. The zero-order valence-electron chi connectivity index (χ0n) is 19.5. The van der Waals surface area contributed by atoms with Crippen molar-refractivity contribution in [2.24, 2.45) is 5.92 Å². The molecule has 1 atom stereocenters. The number of rotatable bonds is 7. The van der Waals surface area contributed by atoms with Gasteiger partial charge in [0.25, 0.3) is 5.91 Å². The maximum atomic E-state index is 13.9. The van der Waals surface area contributed by atoms with Crippen molar-refractivity contribution in [2.75, 3.05) is 33.3 Å². The average molecular weight is 500 g/mol. The molecule has 2 amide bonds. The van der Waals surface area contributed by atoms with Crippen molar-refractivity contribution in [3.63, 3.8) is 0 Å². The summed E-state index contributed by atoms with van der Waals surface area (Å²) in [6.07, 6.45) is 1.36. The van der Waals surface area contributed by atoms with Crippen LogP contribution in [-0.2, 0) is 14.3 Å². The number of amides is 2. The fourth-order valence-corrected chi connectivity index (χ4v) is 4.66. The number of hydrogen-bond acceptors (Lipinski definition) is 7. The Morgan fingerprint density at radius 1 is 1.26 bits per heavy atom. The Labute approximate surface area is 206 Å². The molecule has 1 aromatic carbocycles. The number of likely N-dealkylation sites (N-methyl/N-ethyl adjacent to an activating group) is 1. The number of hydrogen-bond donors (Lipinski definition) is 0. The van der Waals surface area contributed by atoms with Gasteiger partial charge in [0, 0.05) is 20.1 Å². The molecule has 3 aromatic rings. The molecule has 9 nitrogen and oxygen atoms in total. The molecule has 1 aliphatic heterocycles. The summed E-state index contributed by atoms with van der Waals surface area (Å²) in [5.74, 6) is -1.59. The molecule has 0 radical (unpaired) electrons. The number of likely N-dealkylation sites (tertiary alicyclic amines) is 1. The summed E-state index contributed by atoms with van der Waals surface area (Å²) in [5.41, 5.74) is 0.428. The lowest BCUT2D eigenvalue weighted by atomic mass is 9.98. The van der Waals surface area contributed by atoms with E-state index >= 15 is 0 Å². The normalized spacial score (nSPS) is 15.6. The number of esters is 1. The summed E-state index contributed by atoms with van der Waals surface area (Å²) in [5, 5.41) is 6.21. The first kappa shape index (κ1) is 24.5. The van der Waals surface area contributed by atoms with Crippen LogP contribution in [-0.4, -0.2) is 75.6 Å². The first-order valence-corrected chi connectivity index (χ1v) is 12.2. The summed E-state index contributed by atoms with van der Waals surface area (Å²) in [6.45, 7) is 2.65. The molecule has 2 aromatic heterocycles. The van der Waals surface area contributed by atoms with Crippen LogP contribution in [0.4, 0.5) is 4.39 Å². The Hall–Kier alpha value is -3.60. The Kier molecular flexibility index (Phi) is 7.54. The van der Waals surface area contributed by atoms with Gasteiger partial charge < -0.3 is 14.5 Å². The van der Waals surface area contributed by atoms with Crippen LogP contribution in [0.15, 0.2) is 41.8 Å². The molecule has 3 heterocycles. The molecule has 1 aliphatic rings. The van der Waals surface area contributed by atoms with Crippen LogP contribution in [0.5, 0.6) is 0 Å². The lowest BCUT2D eigenvalue weighted by molar-refractivity contribution is -0.151. The van der Waals surface area contributed by atoms with Gasteiger partial charge in [-0.3, -0.25) is 14.4 Å². The maximum absolute atomic E-state index is 13.9. The van der Waals surface area contributed by atoms with Crippen LogP contribution in [0, 0.1) is 11.7 Å². The van der Waals surface area contributed by atoms with Crippen LogP contribution in [0.2, 0.25) is 0 Å². The zero-order valence-corrected chi connectivity index (χ0v) is 20.3. The molecule has 1 unspecified atom stereocenters. The van der Waals surface area contributed by atoms with Gasteiger partial charge in [-0.05, 0) is 49.4 Å². The fraction of sp³-hybridized carbons (Fsp3) is 0.375. The number of thiophene rings is 1. The Bertz CT molecular complexity index is 1210. The largest absolute Gasteiger partial charge is 0.466 e. The lowest BCUT2D eigenvalue weighted by Gasteiger charge is -2.32. The van der Waals surface area contributed by atoms with E-state index in [1.54, 1.807) is 24.0 Å². The summed E-state index contributed by atoms with van der Waals surface area (Å²) in [4.78, 5) is 46.1. The topological polar surface area (TPSA) is 97.6 Å². The highest BCUT2D eigenvalue weighted by Crippen LogP contribution is 2.26. The van der Waals surface area contributed by atoms with Crippen LogP contribution < -0.4 is 0 Å². The average Bonchev–Trinajstić information content (AvgIpc) is 3.54. The predicted octanol–water partition coefficient (Wildman–Crippen LogP) is 3.01. The van der Waals surface area contributed by atoms with E-state index in [0.29, 0.717) is 37.5 Å². The molecule has 0 aliphatic carbocycles. The molecular formula is C24H26FN5O4S. The maximum Gasteiger partial charge on any atom is 0.310 e. The summed E-state index contributed by atoms with van der Waals surface area (Å²) < 4.78 is 20.4. The van der Waals surface area contributed by atoms with E-state index in [4.69, 9.17) is 4.74 Å². The smallest absolute Gasteiger partial charge is 0.310 e.